The van der Waals surface area contributed by atoms with Crippen LogP contribution in [0.3, 0.4) is 0 Å². The summed E-state index contributed by atoms with van der Waals surface area (Å²) < 4.78 is 0. The molecule has 0 fully saturated rings. The predicted octanol–water partition coefficient (Wildman–Crippen LogP) is 6.04. The van der Waals surface area contributed by atoms with Crippen molar-refractivity contribution >= 4 is 0 Å². The summed E-state index contributed by atoms with van der Waals surface area (Å²) in [5.41, 5.74) is 8.05. The maximum Gasteiger partial charge on any atom is 0.00254 e. The second-order valence-electron chi connectivity index (χ2n) is 6.29. The van der Waals surface area contributed by atoms with Gasteiger partial charge in [-0.3, -0.25) is 0 Å². The van der Waals surface area contributed by atoms with E-state index < -0.39 is 0 Å². The molecular formula is C23H20Ir-2. The van der Waals surface area contributed by atoms with Crippen LogP contribution in [-0.2, 0) is 25.5 Å². The summed E-state index contributed by atoms with van der Waals surface area (Å²) in [7, 11) is 0. The Kier molecular flexibility index (Phi) is 4.76. The molecule has 0 saturated carbocycles. The smallest absolute Gasteiger partial charge is 0.00254 e. The van der Waals surface area contributed by atoms with Crippen LogP contribution in [0.25, 0.3) is 22.3 Å². The molecule has 0 atom stereocenters. The van der Waals surface area contributed by atoms with Gasteiger partial charge in [-0.1, -0.05) is 49.2 Å². The second kappa shape index (κ2) is 6.67. The summed E-state index contributed by atoms with van der Waals surface area (Å²) in [4.78, 5) is 0. The predicted molar refractivity (Wildman–Crippen MR) is 96.3 cm³/mol. The van der Waals surface area contributed by atoms with Crippen molar-refractivity contribution in [1.29, 1.82) is 0 Å². The first-order valence-corrected chi connectivity index (χ1v) is 8.43. The number of hydrogen-bond acceptors (Lipinski definition) is 0. The monoisotopic (exact) mass is 489 g/mol. The molecule has 3 aromatic carbocycles. The summed E-state index contributed by atoms with van der Waals surface area (Å²) in [6.07, 6.45) is 2.24. The van der Waals surface area contributed by atoms with Crippen LogP contribution < -0.4 is 0 Å². The molecule has 1 radical (unpaired) electrons. The molecule has 0 aliphatic heterocycles. The van der Waals surface area contributed by atoms with Crippen molar-refractivity contribution in [2.45, 2.75) is 32.1 Å². The summed E-state index contributed by atoms with van der Waals surface area (Å²) in [5, 5.41) is 0. The van der Waals surface area contributed by atoms with Crippen molar-refractivity contribution in [3.63, 3.8) is 0 Å². The van der Waals surface area contributed by atoms with E-state index >= 15 is 0 Å². The molecule has 0 spiro atoms. The Morgan fingerprint density at radius 1 is 0.792 bits per heavy atom. The van der Waals surface area contributed by atoms with Crippen molar-refractivity contribution in [2.24, 2.45) is 0 Å². The zero-order chi connectivity index (χ0) is 15.9. The molecule has 1 aliphatic carbocycles. The molecule has 1 heteroatoms. The van der Waals surface area contributed by atoms with Crippen LogP contribution in [0, 0.1) is 12.1 Å². The molecule has 0 aromatic heterocycles. The molecule has 24 heavy (non-hydrogen) atoms. The van der Waals surface area contributed by atoms with Gasteiger partial charge in [-0.05, 0) is 18.4 Å². The van der Waals surface area contributed by atoms with Crippen LogP contribution in [0.2, 0.25) is 0 Å². The number of hydrogen-bond donors (Lipinski definition) is 0. The van der Waals surface area contributed by atoms with E-state index in [1.807, 2.05) is 12.1 Å². The minimum atomic E-state index is 0. The van der Waals surface area contributed by atoms with Crippen molar-refractivity contribution in [3.05, 3.63) is 83.9 Å². The molecule has 0 bridgehead atoms. The van der Waals surface area contributed by atoms with Gasteiger partial charge < -0.3 is 0 Å². The minimum absolute atomic E-state index is 0. The number of fused-ring (bicyclic) bond motifs is 3. The zero-order valence-electron chi connectivity index (χ0n) is 14.0. The summed E-state index contributed by atoms with van der Waals surface area (Å²) >= 11 is 0. The maximum absolute atomic E-state index is 3.48. The van der Waals surface area contributed by atoms with Gasteiger partial charge in [0.25, 0.3) is 0 Å². The molecule has 4 rings (SSSR count). The Morgan fingerprint density at radius 2 is 1.54 bits per heavy atom. The Balaban J connectivity index is 0.00000169. The molecule has 123 valence electrons. The van der Waals surface area contributed by atoms with Crippen molar-refractivity contribution < 1.29 is 20.1 Å². The first kappa shape index (κ1) is 17.1. The van der Waals surface area contributed by atoms with Crippen molar-refractivity contribution in [2.75, 3.05) is 0 Å². The summed E-state index contributed by atoms with van der Waals surface area (Å²) in [5.74, 6) is 0. The molecule has 0 amide bonds. The van der Waals surface area contributed by atoms with Gasteiger partial charge in [0.2, 0.25) is 0 Å². The molecule has 1 aliphatic rings. The quantitative estimate of drug-likeness (QED) is 0.395. The van der Waals surface area contributed by atoms with Gasteiger partial charge in [0.15, 0.2) is 0 Å². The fourth-order valence-electron chi connectivity index (χ4n) is 4.12. The van der Waals surface area contributed by atoms with Gasteiger partial charge in [0.05, 0.1) is 0 Å². The molecule has 0 N–H and O–H groups in total. The first-order chi connectivity index (χ1) is 11.3. The van der Waals surface area contributed by atoms with Gasteiger partial charge in [-0.15, -0.1) is 17.7 Å². The normalized spacial score (nSPS) is 13.8. The fraction of sp³-hybridized carbons (Fsp3) is 0.217. The molecule has 0 unspecified atom stereocenters. The molecule has 0 saturated heterocycles. The maximum atomic E-state index is 3.48. The third kappa shape index (κ3) is 2.39. The van der Waals surface area contributed by atoms with Gasteiger partial charge in [0, 0.05) is 25.5 Å². The summed E-state index contributed by atoms with van der Waals surface area (Å²) in [6, 6.07) is 28.3. The standard InChI is InChI=1S/C23H20.Ir/c1-3-23(4-2)21-13-9-8-12-19(21)20-15-14-18(16-22(20)23)17-10-6-5-7-11-17;/h5-10,12-13,15-16H,3-4H2,1-2H3;/q-2;. The Morgan fingerprint density at radius 3 is 2.25 bits per heavy atom. The third-order valence-corrected chi connectivity index (χ3v) is 5.41. The molecule has 0 nitrogen and oxygen atoms in total. The van der Waals surface area contributed by atoms with Gasteiger partial charge in [-0.2, -0.15) is 36.4 Å². The minimum Gasteiger partial charge on any atom is -0.226 e. The Hall–Kier alpha value is -1.69. The average molecular weight is 489 g/mol. The Bertz CT molecular complexity index is 845. The first-order valence-electron chi connectivity index (χ1n) is 8.43. The van der Waals surface area contributed by atoms with E-state index in [4.69, 9.17) is 0 Å². The van der Waals surface area contributed by atoms with Crippen LogP contribution in [0.1, 0.15) is 37.8 Å². The average Bonchev–Trinajstić information content (AvgIpc) is 2.92. The topological polar surface area (TPSA) is 0 Å². The fourth-order valence-corrected chi connectivity index (χ4v) is 4.12. The molecule has 0 heterocycles. The van der Waals surface area contributed by atoms with Crippen molar-refractivity contribution in [3.8, 4) is 22.3 Å². The van der Waals surface area contributed by atoms with Crippen molar-refractivity contribution in [1.82, 2.24) is 0 Å². The second-order valence-corrected chi connectivity index (χ2v) is 6.29. The summed E-state index contributed by atoms with van der Waals surface area (Å²) in [6.45, 7) is 4.61. The van der Waals surface area contributed by atoms with E-state index in [0.717, 1.165) is 24.0 Å². The number of rotatable bonds is 3. The van der Waals surface area contributed by atoms with Crippen LogP contribution in [0.5, 0.6) is 0 Å². The SMILES string of the molecule is CCC1(CC)c2ccccc2-c2c[c-]c(-c3[c-]cccc3)cc21.[Ir]. The van der Waals surface area contributed by atoms with E-state index in [2.05, 4.69) is 74.5 Å². The van der Waals surface area contributed by atoms with Crippen LogP contribution >= 0.6 is 0 Å². The van der Waals surface area contributed by atoms with E-state index in [0.29, 0.717) is 0 Å². The van der Waals surface area contributed by atoms with Gasteiger partial charge >= 0.3 is 0 Å². The van der Waals surface area contributed by atoms with Crippen LogP contribution in [-0.4, -0.2) is 0 Å². The Labute approximate surface area is 158 Å². The molecule has 3 aromatic rings. The zero-order valence-corrected chi connectivity index (χ0v) is 16.4. The molecular weight excluding hydrogens is 468 g/mol. The van der Waals surface area contributed by atoms with E-state index in [9.17, 15) is 0 Å². The van der Waals surface area contributed by atoms with Gasteiger partial charge in [-0.25, -0.2) is 11.1 Å². The van der Waals surface area contributed by atoms with E-state index in [1.165, 1.54) is 22.3 Å². The van der Waals surface area contributed by atoms with Gasteiger partial charge in [0.1, 0.15) is 0 Å². The van der Waals surface area contributed by atoms with E-state index in [1.54, 1.807) is 0 Å². The van der Waals surface area contributed by atoms with Crippen LogP contribution in [0.4, 0.5) is 0 Å². The largest absolute Gasteiger partial charge is 0.226 e. The number of benzene rings is 3. The van der Waals surface area contributed by atoms with E-state index in [-0.39, 0.29) is 25.5 Å². The van der Waals surface area contributed by atoms with Crippen LogP contribution in [0.15, 0.2) is 60.7 Å². The third-order valence-electron chi connectivity index (χ3n) is 5.41.